The third-order valence-corrected chi connectivity index (χ3v) is 9.25. The molecule has 0 aromatic carbocycles. The number of carbonyl (C=O) groups is 3. The van der Waals surface area contributed by atoms with Crippen molar-refractivity contribution in [2.45, 2.75) is 91.8 Å². The standard InChI is InChI=1S/C27H40O7/c1-15-10-11-18(24(4,5)31)26(7,13-12-19(28)32-8)27(15)14-25(6)17(3)20(23(30)33-9)21(29)16(2)22(25)34-27/h15,18,31H,10-14H2,1-9H3/t15-,18-,25+,26-,27-/m0/s1. The molecule has 1 spiro atoms. The zero-order valence-electron chi connectivity index (χ0n) is 22.1. The van der Waals surface area contributed by atoms with E-state index in [1.54, 1.807) is 6.92 Å². The van der Waals surface area contributed by atoms with E-state index in [9.17, 15) is 19.5 Å². The first-order valence-electron chi connectivity index (χ1n) is 12.1. The summed E-state index contributed by atoms with van der Waals surface area (Å²) in [4.78, 5) is 38.0. The van der Waals surface area contributed by atoms with Gasteiger partial charge in [0.25, 0.3) is 0 Å². The van der Waals surface area contributed by atoms with Crippen molar-refractivity contribution in [2.75, 3.05) is 14.2 Å². The van der Waals surface area contributed by atoms with E-state index in [4.69, 9.17) is 14.2 Å². The molecule has 1 aliphatic heterocycles. The van der Waals surface area contributed by atoms with Gasteiger partial charge in [-0.3, -0.25) is 9.59 Å². The average Bonchev–Trinajstić information content (AvgIpc) is 3.10. The minimum Gasteiger partial charge on any atom is -0.489 e. The molecule has 190 valence electrons. The van der Waals surface area contributed by atoms with E-state index in [0.29, 0.717) is 29.7 Å². The first kappa shape index (κ1) is 26.5. The summed E-state index contributed by atoms with van der Waals surface area (Å²) in [5.74, 6) is -0.766. The predicted molar refractivity (Wildman–Crippen MR) is 127 cm³/mol. The summed E-state index contributed by atoms with van der Waals surface area (Å²) in [5, 5.41) is 11.2. The van der Waals surface area contributed by atoms with Crippen LogP contribution in [0.4, 0.5) is 0 Å². The number of hydrogen-bond acceptors (Lipinski definition) is 7. The highest BCUT2D eigenvalue weighted by Crippen LogP contribution is 2.68. The van der Waals surface area contributed by atoms with Crippen molar-refractivity contribution in [1.29, 1.82) is 0 Å². The van der Waals surface area contributed by atoms with Crippen LogP contribution in [-0.2, 0) is 28.6 Å². The van der Waals surface area contributed by atoms with Gasteiger partial charge in [-0.15, -0.1) is 0 Å². The second-order valence-electron chi connectivity index (χ2n) is 11.5. The fourth-order valence-electron chi connectivity index (χ4n) is 7.22. The Kier molecular flexibility index (Phi) is 6.62. The molecule has 5 atom stereocenters. The van der Waals surface area contributed by atoms with Crippen LogP contribution in [0.15, 0.2) is 22.5 Å². The Labute approximate surface area is 202 Å². The number of aliphatic hydroxyl groups is 1. The van der Waals surface area contributed by atoms with Crippen molar-refractivity contribution in [2.24, 2.45) is 22.7 Å². The Hall–Kier alpha value is -2.15. The van der Waals surface area contributed by atoms with E-state index in [1.165, 1.54) is 14.2 Å². The molecule has 1 heterocycles. The number of methoxy groups -OCH3 is 2. The van der Waals surface area contributed by atoms with Gasteiger partial charge in [0.2, 0.25) is 0 Å². The lowest BCUT2D eigenvalue weighted by Crippen LogP contribution is -2.62. The zero-order valence-corrected chi connectivity index (χ0v) is 22.1. The molecule has 2 fully saturated rings. The van der Waals surface area contributed by atoms with Gasteiger partial charge in [0.1, 0.15) is 16.9 Å². The summed E-state index contributed by atoms with van der Waals surface area (Å²) in [6, 6.07) is 0. The summed E-state index contributed by atoms with van der Waals surface area (Å²) in [6.07, 6.45) is 2.85. The summed E-state index contributed by atoms with van der Waals surface area (Å²) in [7, 11) is 2.65. The first-order valence-corrected chi connectivity index (χ1v) is 12.1. The van der Waals surface area contributed by atoms with Gasteiger partial charge in [0.15, 0.2) is 5.78 Å². The summed E-state index contributed by atoms with van der Waals surface area (Å²) >= 11 is 0. The van der Waals surface area contributed by atoms with Crippen LogP contribution in [0.25, 0.3) is 0 Å². The molecule has 0 bridgehead atoms. The Morgan fingerprint density at radius 1 is 1.15 bits per heavy atom. The van der Waals surface area contributed by atoms with Crippen molar-refractivity contribution in [3.05, 3.63) is 22.5 Å². The van der Waals surface area contributed by atoms with Crippen LogP contribution in [0, 0.1) is 22.7 Å². The van der Waals surface area contributed by atoms with Gasteiger partial charge >= 0.3 is 11.9 Å². The molecule has 34 heavy (non-hydrogen) atoms. The number of allylic oxidation sites excluding steroid dienone is 2. The third-order valence-electron chi connectivity index (χ3n) is 9.25. The van der Waals surface area contributed by atoms with E-state index >= 15 is 0 Å². The van der Waals surface area contributed by atoms with Crippen LogP contribution in [-0.4, -0.2) is 48.3 Å². The average molecular weight is 477 g/mol. The predicted octanol–water partition coefficient (Wildman–Crippen LogP) is 4.27. The molecule has 1 N–H and O–H groups in total. The van der Waals surface area contributed by atoms with Crippen molar-refractivity contribution in [3.63, 3.8) is 0 Å². The number of ketones is 1. The van der Waals surface area contributed by atoms with Crippen molar-refractivity contribution < 1.29 is 33.7 Å². The van der Waals surface area contributed by atoms with Crippen LogP contribution in [0.2, 0.25) is 0 Å². The molecule has 1 saturated carbocycles. The summed E-state index contributed by atoms with van der Waals surface area (Å²) < 4.78 is 16.8. The molecule has 7 nitrogen and oxygen atoms in total. The van der Waals surface area contributed by atoms with Crippen LogP contribution in [0.3, 0.4) is 0 Å². The number of rotatable bonds is 5. The second-order valence-corrected chi connectivity index (χ2v) is 11.5. The number of esters is 2. The number of hydrogen-bond donors (Lipinski definition) is 1. The van der Waals surface area contributed by atoms with Gasteiger partial charge in [0.05, 0.1) is 25.2 Å². The molecule has 7 heteroatoms. The maximum atomic E-state index is 13.2. The van der Waals surface area contributed by atoms with E-state index in [-0.39, 0.29) is 35.6 Å². The van der Waals surface area contributed by atoms with E-state index in [0.717, 1.165) is 12.8 Å². The Morgan fingerprint density at radius 3 is 2.29 bits per heavy atom. The highest BCUT2D eigenvalue weighted by atomic mass is 16.5. The maximum absolute atomic E-state index is 13.2. The molecule has 2 aliphatic carbocycles. The van der Waals surface area contributed by atoms with Crippen LogP contribution >= 0.6 is 0 Å². The minimum atomic E-state index is -1.00. The first-order chi connectivity index (χ1) is 15.6. The number of ether oxygens (including phenoxy) is 3. The van der Waals surface area contributed by atoms with Crippen LogP contribution in [0.5, 0.6) is 0 Å². The van der Waals surface area contributed by atoms with Gasteiger partial charge < -0.3 is 19.3 Å². The fourth-order valence-corrected chi connectivity index (χ4v) is 7.22. The van der Waals surface area contributed by atoms with Crippen LogP contribution in [0.1, 0.15) is 80.6 Å². The molecule has 3 aliphatic rings. The lowest BCUT2D eigenvalue weighted by Gasteiger charge is -2.59. The Balaban J connectivity index is 2.23. The van der Waals surface area contributed by atoms with Gasteiger partial charge in [-0.05, 0) is 71.3 Å². The van der Waals surface area contributed by atoms with Gasteiger partial charge in [-0.1, -0.05) is 13.8 Å². The summed E-state index contributed by atoms with van der Waals surface area (Å²) in [6.45, 7) is 13.4. The molecule has 0 amide bonds. The second kappa shape index (κ2) is 8.51. The topological polar surface area (TPSA) is 99.1 Å². The molecule has 0 radical (unpaired) electrons. The van der Waals surface area contributed by atoms with E-state index in [2.05, 4.69) is 13.8 Å². The number of Topliss-reactive ketones (excluding diaryl/α,β-unsaturated/α-hetero) is 1. The van der Waals surface area contributed by atoms with Crippen molar-refractivity contribution in [1.82, 2.24) is 0 Å². The van der Waals surface area contributed by atoms with E-state index < -0.39 is 28.0 Å². The molecular formula is C27H40O7. The smallest absolute Gasteiger partial charge is 0.341 e. The van der Waals surface area contributed by atoms with Crippen molar-refractivity contribution in [3.8, 4) is 0 Å². The van der Waals surface area contributed by atoms with Gasteiger partial charge in [-0.2, -0.15) is 0 Å². The quantitative estimate of drug-likeness (QED) is 0.467. The molecule has 0 aromatic rings. The molecule has 0 aromatic heterocycles. The lowest BCUT2D eigenvalue weighted by molar-refractivity contribution is -0.205. The Morgan fingerprint density at radius 2 is 1.76 bits per heavy atom. The number of carbonyl (C=O) groups excluding carboxylic acids is 3. The zero-order chi connectivity index (χ0) is 25.9. The molecule has 1 saturated heterocycles. The van der Waals surface area contributed by atoms with Gasteiger partial charge in [-0.25, -0.2) is 4.79 Å². The lowest BCUT2D eigenvalue weighted by atomic mass is 9.48. The Bertz CT molecular complexity index is 968. The molecule has 3 rings (SSSR count). The largest absolute Gasteiger partial charge is 0.489 e. The molecule has 0 unspecified atom stereocenters. The van der Waals surface area contributed by atoms with Crippen molar-refractivity contribution >= 4 is 17.7 Å². The normalized spacial score (nSPS) is 35.9. The van der Waals surface area contributed by atoms with Crippen LogP contribution < -0.4 is 0 Å². The minimum absolute atomic E-state index is 0.0747. The number of fused-ring (bicyclic) bond motifs is 1. The third kappa shape index (κ3) is 3.62. The van der Waals surface area contributed by atoms with Gasteiger partial charge in [0, 0.05) is 23.8 Å². The maximum Gasteiger partial charge on any atom is 0.341 e. The highest BCUT2D eigenvalue weighted by molar-refractivity contribution is 6.25. The van der Waals surface area contributed by atoms with E-state index in [1.807, 2.05) is 27.7 Å². The monoisotopic (exact) mass is 476 g/mol. The fraction of sp³-hybridized carbons (Fsp3) is 0.741. The summed E-state index contributed by atoms with van der Waals surface area (Å²) in [5.41, 5.74) is -1.89. The molecular weight excluding hydrogens is 436 g/mol. The highest BCUT2D eigenvalue weighted by Gasteiger charge is 2.69. The SMILES string of the molecule is COC(=O)CC[C@@]1(C)[C@H](C(C)(C)O)CC[C@H](C)[C@@]12C[C@]1(C)C(C)=C(C(=O)OC)C(=O)C(C)=C1O2.